The monoisotopic (exact) mass is 1620 g/mol. The third kappa shape index (κ3) is 88.1. The summed E-state index contributed by atoms with van der Waals surface area (Å²) in [5.41, 5.74) is 0. The number of carbonyl (C=O) groups excluding carboxylic acids is 3. The van der Waals surface area contributed by atoms with Gasteiger partial charge in [-0.15, -0.1) is 0 Å². The van der Waals surface area contributed by atoms with Gasteiger partial charge in [-0.1, -0.05) is 359 Å². The molecule has 0 rings (SSSR count). The Morgan fingerprint density at radius 1 is 0.257 bits per heavy atom. The van der Waals surface area contributed by atoms with E-state index < -0.39 is 91.5 Å². The third-order valence-electron chi connectivity index (χ3n) is 19.0. The number of aliphatic hydroxyl groups is 2. The standard InChI is InChI=1S/C95H164O16P2/c1-4-7-10-13-16-19-22-25-28-30-32-34-36-38-40-41-42-43-44-45-46-47-49-51-52-54-56-58-61-63-66-69-72-75-78-81-93(98)105-84-90(96)85-107-112(101,102)108-86-91(97)87-109-113(103,104)110-89-92(111-95(100)83-80-77-74-71-68-65-60-27-24-21-18-15-12-9-6-3)88-106-94(99)82-79-76-73-70-67-64-62-59-57-55-53-50-48-39-37-35-33-31-29-26-23-20-17-14-11-8-5-2/h8,11,16-21,25-29,32-35,38-40,48,53,55,60,90-92,96-97H,4-7,9-10,12-15,22-24,30-31,36-37,41-47,49-52,54,56-59,61-89H2,1-3H3,(H,101,102)(H,103,104)/b11-8-,19-16-,20-17-,21-18-,28-25-,29-26-,34-32-,35-33-,40-38-,48-39-,55-53-,60-27-. The Hall–Kier alpha value is -4.57. The molecule has 0 fully saturated rings. The van der Waals surface area contributed by atoms with Crippen molar-refractivity contribution in [2.45, 2.75) is 399 Å². The molecule has 0 aliphatic heterocycles. The minimum absolute atomic E-state index is 0.0840. The first-order valence-corrected chi connectivity index (χ1v) is 48.1. The Morgan fingerprint density at radius 3 is 0.743 bits per heavy atom. The fraction of sp³-hybridized carbons (Fsp3) is 0.716. The van der Waals surface area contributed by atoms with Gasteiger partial charge in [0.2, 0.25) is 0 Å². The minimum Gasteiger partial charge on any atom is -0.463 e. The van der Waals surface area contributed by atoms with Crippen molar-refractivity contribution in [2.75, 3.05) is 39.6 Å². The van der Waals surface area contributed by atoms with Gasteiger partial charge < -0.3 is 34.2 Å². The predicted octanol–water partition coefficient (Wildman–Crippen LogP) is 27.6. The van der Waals surface area contributed by atoms with Gasteiger partial charge in [-0.05, 0) is 148 Å². The number of aliphatic hydroxyl groups excluding tert-OH is 2. The first-order chi connectivity index (χ1) is 55.2. The van der Waals surface area contributed by atoms with Crippen molar-refractivity contribution < 1.29 is 75.8 Å². The molecular formula is C95H164O16P2. The molecule has 18 heteroatoms. The molecule has 0 radical (unpaired) electrons. The number of unbranched alkanes of at least 4 members (excludes halogenated alkanes) is 38. The summed E-state index contributed by atoms with van der Waals surface area (Å²) >= 11 is 0. The number of phosphoric acid groups is 2. The van der Waals surface area contributed by atoms with Gasteiger partial charge in [0.25, 0.3) is 0 Å². The number of hydrogen-bond donors (Lipinski definition) is 4. The Bertz CT molecular complexity index is 2630. The maximum atomic E-state index is 13.0. The van der Waals surface area contributed by atoms with Crippen LogP contribution in [-0.4, -0.2) is 95.9 Å². The fourth-order valence-corrected chi connectivity index (χ4v) is 13.8. The quantitative estimate of drug-likeness (QED) is 0.0146. The van der Waals surface area contributed by atoms with Gasteiger partial charge in [0.1, 0.15) is 25.4 Å². The topological polar surface area (TPSA) is 231 Å². The van der Waals surface area contributed by atoms with Crippen LogP contribution >= 0.6 is 15.6 Å². The Morgan fingerprint density at radius 2 is 0.469 bits per heavy atom. The summed E-state index contributed by atoms with van der Waals surface area (Å²) in [5.74, 6) is -1.59. The summed E-state index contributed by atoms with van der Waals surface area (Å²) in [6, 6.07) is 0. The van der Waals surface area contributed by atoms with E-state index in [1.54, 1.807) is 0 Å². The van der Waals surface area contributed by atoms with Crippen LogP contribution in [-0.2, 0) is 55.8 Å². The van der Waals surface area contributed by atoms with Crippen molar-refractivity contribution in [3.8, 4) is 0 Å². The van der Waals surface area contributed by atoms with Crippen LogP contribution in [0.15, 0.2) is 146 Å². The zero-order valence-electron chi connectivity index (χ0n) is 71.5. The van der Waals surface area contributed by atoms with E-state index >= 15 is 0 Å². The molecule has 0 amide bonds. The van der Waals surface area contributed by atoms with E-state index in [4.69, 9.17) is 32.3 Å². The van der Waals surface area contributed by atoms with E-state index in [0.717, 1.165) is 161 Å². The molecule has 0 aromatic rings. The van der Waals surface area contributed by atoms with Crippen LogP contribution in [0.5, 0.6) is 0 Å². The lowest BCUT2D eigenvalue weighted by Crippen LogP contribution is -2.30. The van der Waals surface area contributed by atoms with Gasteiger partial charge in [-0.25, -0.2) is 9.13 Å². The second kappa shape index (κ2) is 86.8. The molecule has 0 aliphatic rings. The molecule has 0 aliphatic carbocycles. The van der Waals surface area contributed by atoms with Crippen molar-refractivity contribution in [1.82, 2.24) is 0 Å². The predicted molar refractivity (Wildman–Crippen MR) is 473 cm³/mol. The minimum atomic E-state index is -4.94. The van der Waals surface area contributed by atoms with Crippen LogP contribution in [0.2, 0.25) is 0 Å². The lowest BCUT2D eigenvalue weighted by atomic mass is 10.0. The first kappa shape index (κ1) is 108. The molecule has 0 saturated heterocycles. The molecule has 0 bridgehead atoms. The van der Waals surface area contributed by atoms with Crippen molar-refractivity contribution in [2.24, 2.45) is 0 Å². The highest BCUT2D eigenvalue weighted by molar-refractivity contribution is 7.47. The van der Waals surface area contributed by atoms with Crippen LogP contribution in [0.1, 0.15) is 380 Å². The largest absolute Gasteiger partial charge is 0.472 e. The third-order valence-corrected chi connectivity index (χ3v) is 20.9. The van der Waals surface area contributed by atoms with Crippen molar-refractivity contribution in [3.63, 3.8) is 0 Å². The number of rotatable bonds is 85. The van der Waals surface area contributed by atoms with Crippen LogP contribution in [0, 0.1) is 0 Å². The van der Waals surface area contributed by atoms with Gasteiger partial charge in [-0.2, -0.15) is 0 Å². The average Bonchev–Trinajstić information content (AvgIpc) is 0.864. The highest BCUT2D eigenvalue weighted by atomic mass is 31.2. The van der Waals surface area contributed by atoms with Gasteiger partial charge in [0.05, 0.1) is 26.4 Å². The molecule has 0 saturated carbocycles. The highest BCUT2D eigenvalue weighted by Gasteiger charge is 2.29. The van der Waals surface area contributed by atoms with Crippen LogP contribution < -0.4 is 0 Å². The summed E-state index contributed by atoms with van der Waals surface area (Å²) in [6.07, 6.45) is 109. The van der Waals surface area contributed by atoms with Gasteiger partial charge in [0, 0.05) is 19.3 Å². The van der Waals surface area contributed by atoms with Crippen LogP contribution in [0.4, 0.5) is 0 Å². The molecule has 5 atom stereocenters. The normalized spacial score (nSPS) is 14.5. The maximum absolute atomic E-state index is 13.0. The number of phosphoric ester groups is 2. The molecule has 0 aromatic heterocycles. The van der Waals surface area contributed by atoms with Gasteiger partial charge in [0.15, 0.2) is 6.10 Å². The van der Waals surface area contributed by atoms with Crippen molar-refractivity contribution in [3.05, 3.63) is 146 Å². The molecular weight excluding hydrogens is 1460 g/mol. The Labute approximate surface area is 689 Å². The van der Waals surface area contributed by atoms with E-state index in [-0.39, 0.29) is 19.3 Å². The summed E-state index contributed by atoms with van der Waals surface area (Å²) in [4.78, 5) is 58.8. The van der Waals surface area contributed by atoms with Crippen molar-refractivity contribution >= 4 is 33.6 Å². The molecule has 113 heavy (non-hydrogen) atoms. The van der Waals surface area contributed by atoms with Crippen molar-refractivity contribution in [1.29, 1.82) is 0 Å². The second-order valence-electron chi connectivity index (χ2n) is 30.0. The fourth-order valence-electron chi connectivity index (χ4n) is 12.2. The molecule has 5 unspecified atom stereocenters. The Kier molecular flexibility index (Phi) is 83.3. The van der Waals surface area contributed by atoms with E-state index in [9.17, 15) is 43.5 Å². The number of hydrogen-bond acceptors (Lipinski definition) is 14. The Balaban J connectivity index is 4.45. The zero-order chi connectivity index (χ0) is 82.2. The van der Waals surface area contributed by atoms with Crippen LogP contribution in [0.25, 0.3) is 0 Å². The summed E-state index contributed by atoms with van der Waals surface area (Å²) in [7, 11) is -9.81. The smallest absolute Gasteiger partial charge is 0.463 e. The number of ether oxygens (including phenoxy) is 3. The van der Waals surface area contributed by atoms with Crippen LogP contribution in [0.3, 0.4) is 0 Å². The van der Waals surface area contributed by atoms with E-state index in [1.165, 1.54) is 161 Å². The molecule has 0 spiro atoms. The lowest BCUT2D eigenvalue weighted by molar-refractivity contribution is -0.161. The summed E-state index contributed by atoms with van der Waals surface area (Å²) < 4.78 is 61.3. The summed E-state index contributed by atoms with van der Waals surface area (Å²) in [6.45, 7) is 2.52. The molecule has 0 aromatic carbocycles. The number of esters is 3. The molecule has 4 N–H and O–H groups in total. The van der Waals surface area contributed by atoms with E-state index in [1.807, 2.05) is 0 Å². The summed E-state index contributed by atoms with van der Waals surface area (Å²) in [5, 5.41) is 20.7. The highest BCUT2D eigenvalue weighted by Crippen LogP contribution is 2.45. The second-order valence-corrected chi connectivity index (χ2v) is 32.9. The maximum Gasteiger partial charge on any atom is 0.472 e. The number of carbonyl (C=O) groups is 3. The molecule has 650 valence electrons. The molecule has 16 nitrogen and oxygen atoms in total. The SMILES string of the molecule is CC/C=C\C/C=C\C/C=C\C/C=C\C/C=C\C/C=C\CCCCCCCCCCC(=O)OCC(COP(=O)(O)OCC(O)COP(=O)(O)OCC(O)COC(=O)CCCCCCCCCCCCCCCCCCCCC/C=C\C/C=C\C/C=C\C/C=C\CCCCC)OC(=O)CCCCCCC/C=C\C/C=C\CCCCC. The number of allylic oxidation sites excluding steroid dienone is 24. The first-order valence-electron chi connectivity index (χ1n) is 45.1. The van der Waals surface area contributed by atoms with E-state index in [0.29, 0.717) is 19.3 Å². The average molecular weight is 1620 g/mol. The lowest BCUT2D eigenvalue weighted by Gasteiger charge is -2.21. The van der Waals surface area contributed by atoms with E-state index in [2.05, 4.69) is 167 Å². The van der Waals surface area contributed by atoms with Gasteiger partial charge >= 0.3 is 33.6 Å². The van der Waals surface area contributed by atoms with Gasteiger partial charge in [-0.3, -0.25) is 32.5 Å². The molecule has 0 heterocycles. The zero-order valence-corrected chi connectivity index (χ0v) is 73.3.